The highest BCUT2D eigenvalue weighted by Crippen LogP contribution is 2.19. The summed E-state index contributed by atoms with van der Waals surface area (Å²) in [5, 5.41) is 5.15. The lowest BCUT2D eigenvalue weighted by atomic mass is 10.1. The summed E-state index contributed by atoms with van der Waals surface area (Å²) in [6, 6.07) is 10.3. The normalized spacial score (nSPS) is 15.6. The van der Waals surface area contributed by atoms with Crippen LogP contribution in [0.25, 0.3) is 0 Å². The minimum Gasteiger partial charge on any atom is -0.463 e. The minimum atomic E-state index is -0.692. The monoisotopic (exact) mass is 401 g/mol. The zero-order chi connectivity index (χ0) is 20.6. The van der Waals surface area contributed by atoms with Gasteiger partial charge in [-0.1, -0.05) is 18.2 Å². The van der Waals surface area contributed by atoms with Crippen LogP contribution in [0.4, 0.5) is 10.1 Å². The van der Waals surface area contributed by atoms with Crippen LogP contribution in [-0.4, -0.2) is 51.1 Å². The van der Waals surface area contributed by atoms with E-state index in [0.29, 0.717) is 18.8 Å². The summed E-state index contributed by atoms with van der Waals surface area (Å²) < 4.78 is 19.6. The molecule has 2 heterocycles. The van der Waals surface area contributed by atoms with Gasteiger partial charge in [0.2, 0.25) is 0 Å². The second-order valence-electron chi connectivity index (χ2n) is 6.87. The van der Waals surface area contributed by atoms with Gasteiger partial charge in [0, 0.05) is 6.54 Å². The van der Waals surface area contributed by atoms with Crippen molar-refractivity contribution < 1.29 is 23.3 Å². The van der Waals surface area contributed by atoms with Crippen LogP contribution >= 0.6 is 0 Å². The van der Waals surface area contributed by atoms with Crippen molar-refractivity contribution in [2.24, 2.45) is 0 Å². The maximum absolute atomic E-state index is 14.1. The van der Waals surface area contributed by atoms with Crippen molar-refractivity contribution in [1.82, 2.24) is 10.6 Å². The SMILES string of the molecule is C=CCNC(=O)C(=O)NC[C@H](c1ccco1)[NH+]1CCN(c2ccccc2F)CC1. The number of halogens is 1. The molecule has 0 unspecified atom stereocenters. The molecule has 0 radical (unpaired) electrons. The van der Waals surface area contributed by atoms with Gasteiger partial charge >= 0.3 is 11.8 Å². The number of quaternary nitrogens is 1. The average Bonchev–Trinajstić information content (AvgIpc) is 3.27. The van der Waals surface area contributed by atoms with E-state index >= 15 is 0 Å². The first-order chi connectivity index (χ1) is 14.1. The number of rotatable bonds is 7. The molecule has 8 heteroatoms. The number of anilines is 1. The Morgan fingerprint density at radius 3 is 2.55 bits per heavy atom. The van der Waals surface area contributed by atoms with E-state index in [2.05, 4.69) is 17.2 Å². The van der Waals surface area contributed by atoms with E-state index in [4.69, 9.17) is 4.42 Å². The van der Waals surface area contributed by atoms with Crippen LogP contribution in [0.3, 0.4) is 0 Å². The van der Waals surface area contributed by atoms with Crippen LogP contribution in [0.2, 0.25) is 0 Å². The lowest BCUT2D eigenvalue weighted by Gasteiger charge is -2.37. The molecular weight excluding hydrogens is 375 g/mol. The number of amides is 2. The summed E-state index contributed by atoms with van der Waals surface area (Å²) in [5.41, 5.74) is 0.605. The van der Waals surface area contributed by atoms with Gasteiger partial charge in [0.25, 0.3) is 0 Å². The number of nitrogens with zero attached hydrogens (tertiary/aromatic N) is 1. The molecule has 1 saturated heterocycles. The zero-order valence-corrected chi connectivity index (χ0v) is 16.2. The maximum atomic E-state index is 14.1. The van der Waals surface area contributed by atoms with Crippen molar-refractivity contribution in [3.63, 3.8) is 0 Å². The first-order valence-electron chi connectivity index (χ1n) is 9.64. The van der Waals surface area contributed by atoms with Crippen molar-refractivity contribution in [1.29, 1.82) is 0 Å². The van der Waals surface area contributed by atoms with E-state index in [-0.39, 0.29) is 24.9 Å². The van der Waals surface area contributed by atoms with Crippen LogP contribution < -0.4 is 20.4 Å². The second kappa shape index (κ2) is 9.88. The lowest BCUT2D eigenvalue weighted by Crippen LogP contribution is -3.15. The predicted octanol–water partition coefficient (Wildman–Crippen LogP) is 0.283. The quantitative estimate of drug-likeness (QED) is 0.460. The topological polar surface area (TPSA) is 79.0 Å². The standard InChI is InChI=1S/C21H25FN4O3/c1-2-9-23-20(27)21(28)24-15-18(19-8-5-14-29-19)26-12-10-25(11-13-26)17-7-4-3-6-16(17)22/h2-8,14,18H,1,9-13,15H2,(H,23,27)(H,24,28)/p+1/t18-/m1/s1. The van der Waals surface area contributed by atoms with Crippen LogP contribution in [0.15, 0.2) is 59.7 Å². The largest absolute Gasteiger partial charge is 0.463 e. The third-order valence-electron chi connectivity index (χ3n) is 5.06. The van der Waals surface area contributed by atoms with E-state index in [9.17, 15) is 14.0 Å². The second-order valence-corrected chi connectivity index (χ2v) is 6.87. The molecule has 1 aliphatic heterocycles. The van der Waals surface area contributed by atoms with Gasteiger partial charge in [-0.3, -0.25) is 9.59 Å². The molecule has 1 aromatic carbocycles. The molecule has 3 rings (SSSR count). The van der Waals surface area contributed by atoms with Gasteiger partial charge < -0.3 is 24.9 Å². The first kappa shape index (κ1) is 20.6. The summed E-state index contributed by atoms with van der Waals surface area (Å²) in [4.78, 5) is 27.0. The molecule has 3 N–H and O–H groups in total. The summed E-state index contributed by atoms with van der Waals surface area (Å²) >= 11 is 0. The number of carbonyl (C=O) groups is 2. The molecule has 1 atom stereocenters. The van der Waals surface area contributed by atoms with Crippen molar-refractivity contribution in [2.75, 3.05) is 44.2 Å². The number of piperazine rings is 1. The van der Waals surface area contributed by atoms with Gasteiger partial charge in [0.05, 0.1) is 44.7 Å². The summed E-state index contributed by atoms with van der Waals surface area (Å²) in [6.07, 6.45) is 3.10. The Morgan fingerprint density at radius 1 is 1.17 bits per heavy atom. The molecule has 1 aromatic heterocycles. The van der Waals surface area contributed by atoms with Crippen LogP contribution in [0.5, 0.6) is 0 Å². The highest BCUT2D eigenvalue weighted by molar-refractivity contribution is 6.35. The van der Waals surface area contributed by atoms with Crippen molar-refractivity contribution in [2.45, 2.75) is 6.04 Å². The Kier molecular flexibility index (Phi) is 7.02. The van der Waals surface area contributed by atoms with Crippen molar-refractivity contribution in [3.8, 4) is 0 Å². The Labute approximate surface area is 169 Å². The maximum Gasteiger partial charge on any atom is 0.309 e. The van der Waals surface area contributed by atoms with E-state index in [1.165, 1.54) is 17.0 Å². The number of benzene rings is 1. The van der Waals surface area contributed by atoms with Crippen LogP contribution in [0.1, 0.15) is 11.8 Å². The molecule has 29 heavy (non-hydrogen) atoms. The number of para-hydroxylation sites is 1. The summed E-state index contributed by atoms with van der Waals surface area (Å²) in [7, 11) is 0. The third-order valence-corrected chi connectivity index (χ3v) is 5.06. The molecule has 154 valence electrons. The highest BCUT2D eigenvalue weighted by atomic mass is 19.1. The summed E-state index contributed by atoms with van der Waals surface area (Å²) in [6.45, 7) is 6.86. The first-order valence-corrected chi connectivity index (χ1v) is 9.64. The van der Waals surface area contributed by atoms with Gasteiger partial charge in [0.1, 0.15) is 5.82 Å². The van der Waals surface area contributed by atoms with Crippen LogP contribution in [0, 0.1) is 5.82 Å². The number of hydrogen-bond donors (Lipinski definition) is 3. The minimum absolute atomic E-state index is 0.135. The van der Waals surface area contributed by atoms with Gasteiger partial charge in [0.15, 0.2) is 11.8 Å². The van der Waals surface area contributed by atoms with E-state index < -0.39 is 11.8 Å². The molecule has 7 nitrogen and oxygen atoms in total. The Bertz CT molecular complexity index is 832. The number of carbonyl (C=O) groups excluding carboxylic acids is 2. The Hall–Kier alpha value is -3.13. The molecule has 2 aromatic rings. The molecule has 1 fully saturated rings. The molecule has 0 spiro atoms. The molecular formula is C21H26FN4O3+. The third kappa shape index (κ3) is 5.23. The number of hydrogen-bond acceptors (Lipinski definition) is 4. The molecule has 0 saturated carbocycles. The van der Waals surface area contributed by atoms with Crippen LogP contribution in [-0.2, 0) is 9.59 Å². The molecule has 2 amide bonds. The van der Waals surface area contributed by atoms with E-state index in [0.717, 1.165) is 18.8 Å². The van der Waals surface area contributed by atoms with Crippen molar-refractivity contribution in [3.05, 3.63) is 66.9 Å². The molecule has 1 aliphatic rings. The van der Waals surface area contributed by atoms with Gasteiger partial charge in [-0.15, -0.1) is 6.58 Å². The van der Waals surface area contributed by atoms with E-state index in [1.807, 2.05) is 17.0 Å². The fourth-order valence-electron chi connectivity index (χ4n) is 3.55. The fourth-order valence-corrected chi connectivity index (χ4v) is 3.55. The fraction of sp³-hybridized carbons (Fsp3) is 0.333. The smallest absolute Gasteiger partial charge is 0.309 e. The number of furan rings is 1. The lowest BCUT2D eigenvalue weighted by molar-refractivity contribution is -0.932. The van der Waals surface area contributed by atoms with Crippen molar-refractivity contribution >= 4 is 17.5 Å². The Balaban J connectivity index is 1.61. The van der Waals surface area contributed by atoms with Gasteiger partial charge in [-0.25, -0.2) is 4.39 Å². The average molecular weight is 401 g/mol. The molecule has 0 bridgehead atoms. The summed E-state index contributed by atoms with van der Waals surface area (Å²) in [5.74, 6) is -0.863. The Morgan fingerprint density at radius 2 is 1.90 bits per heavy atom. The number of nitrogens with one attached hydrogen (secondary N) is 3. The molecule has 0 aliphatic carbocycles. The van der Waals surface area contributed by atoms with Gasteiger partial charge in [-0.2, -0.15) is 0 Å². The predicted molar refractivity (Wildman–Crippen MR) is 107 cm³/mol. The van der Waals surface area contributed by atoms with Gasteiger partial charge in [-0.05, 0) is 24.3 Å². The van der Waals surface area contributed by atoms with E-state index in [1.54, 1.807) is 24.5 Å². The highest BCUT2D eigenvalue weighted by Gasteiger charge is 2.32. The zero-order valence-electron chi connectivity index (χ0n) is 16.2.